The Labute approximate surface area is 154 Å². The van der Waals surface area contributed by atoms with Crippen LogP contribution in [0.15, 0.2) is 10.6 Å². The fourth-order valence-corrected chi connectivity index (χ4v) is 5.30. The summed E-state index contributed by atoms with van der Waals surface area (Å²) in [5, 5.41) is 12.7. The average molecular weight is 374 g/mol. The van der Waals surface area contributed by atoms with E-state index >= 15 is 0 Å². The molecule has 0 aromatic carbocycles. The van der Waals surface area contributed by atoms with Crippen LogP contribution in [0, 0.1) is 13.8 Å². The van der Waals surface area contributed by atoms with E-state index in [1.54, 1.807) is 22.7 Å². The number of allylic oxidation sites excluding steroid dienone is 1. The van der Waals surface area contributed by atoms with Crippen molar-refractivity contribution in [3.05, 3.63) is 32.9 Å². The molecule has 4 rings (SSSR count). The van der Waals surface area contributed by atoms with Gasteiger partial charge in [0.1, 0.15) is 10.0 Å². The van der Waals surface area contributed by atoms with Gasteiger partial charge in [0.25, 0.3) is 0 Å². The predicted molar refractivity (Wildman–Crippen MR) is 103 cm³/mol. The summed E-state index contributed by atoms with van der Waals surface area (Å²) in [4.78, 5) is 11.7. The number of nitrogens with one attached hydrogen (secondary N) is 2. The average Bonchev–Trinajstić information content (AvgIpc) is 3.26. The minimum atomic E-state index is 0.423. The Kier molecular flexibility index (Phi) is 4.41. The molecule has 0 saturated carbocycles. The molecule has 0 fully saturated rings. The molecule has 8 heteroatoms. The number of thiophene rings is 1. The number of fused-ring (bicyclic) bond motifs is 1. The summed E-state index contributed by atoms with van der Waals surface area (Å²) in [7, 11) is 0. The van der Waals surface area contributed by atoms with Gasteiger partial charge in [-0.15, -0.1) is 22.7 Å². The third kappa shape index (κ3) is 3.12. The molecule has 0 aliphatic carbocycles. The number of rotatable bonds is 4. The lowest BCUT2D eigenvalue weighted by atomic mass is 10.0. The van der Waals surface area contributed by atoms with Gasteiger partial charge in [0.2, 0.25) is 0 Å². The van der Waals surface area contributed by atoms with Gasteiger partial charge in [-0.05, 0) is 45.4 Å². The minimum Gasteiger partial charge on any atom is -0.315 e. The molecule has 130 valence electrons. The maximum absolute atomic E-state index is 5.25. The third-order valence-electron chi connectivity index (χ3n) is 4.04. The monoisotopic (exact) mass is 373 g/mol. The summed E-state index contributed by atoms with van der Waals surface area (Å²) >= 11 is 3.46. The van der Waals surface area contributed by atoms with Crippen LogP contribution in [0.2, 0.25) is 0 Å². The van der Waals surface area contributed by atoms with Gasteiger partial charge in [0.15, 0.2) is 5.82 Å². The highest BCUT2D eigenvalue weighted by Gasteiger charge is 2.25. The SMILES string of the molecule is CC=Cc1sc(-c2c(Nc3nc(C)no3)sc3c2CCNC3)nc1C. The molecule has 0 unspecified atom stereocenters. The summed E-state index contributed by atoms with van der Waals surface area (Å²) in [5.74, 6) is 0.618. The van der Waals surface area contributed by atoms with E-state index in [0.29, 0.717) is 11.8 Å². The van der Waals surface area contributed by atoms with Crippen LogP contribution in [0.3, 0.4) is 0 Å². The maximum Gasteiger partial charge on any atom is 0.326 e. The van der Waals surface area contributed by atoms with E-state index in [0.717, 1.165) is 35.2 Å². The molecule has 25 heavy (non-hydrogen) atoms. The summed E-state index contributed by atoms with van der Waals surface area (Å²) < 4.78 is 5.25. The van der Waals surface area contributed by atoms with Crippen LogP contribution in [0.25, 0.3) is 16.6 Å². The Hall–Kier alpha value is -2.03. The molecule has 3 aromatic rings. The number of aryl methyl sites for hydroxylation is 2. The van der Waals surface area contributed by atoms with Crippen LogP contribution in [-0.2, 0) is 13.0 Å². The van der Waals surface area contributed by atoms with Crippen molar-refractivity contribution in [2.45, 2.75) is 33.7 Å². The van der Waals surface area contributed by atoms with Crippen molar-refractivity contribution >= 4 is 39.8 Å². The van der Waals surface area contributed by atoms with Gasteiger partial charge in [-0.3, -0.25) is 5.32 Å². The van der Waals surface area contributed by atoms with Crippen molar-refractivity contribution in [1.29, 1.82) is 0 Å². The smallest absolute Gasteiger partial charge is 0.315 e. The molecule has 6 nitrogen and oxygen atoms in total. The highest BCUT2D eigenvalue weighted by atomic mass is 32.1. The van der Waals surface area contributed by atoms with Crippen LogP contribution in [0.4, 0.5) is 11.0 Å². The Morgan fingerprint density at radius 2 is 2.12 bits per heavy atom. The number of hydrogen-bond donors (Lipinski definition) is 2. The van der Waals surface area contributed by atoms with Crippen molar-refractivity contribution < 1.29 is 4.52 Å². The van der Waals surface area contributed by atoms with E-state index in [1.165, 1.54) is 20.9 Å². The van der Waals surface area contributed by atoms with Gasteiger partial charge >= 0.3 is 6.01 Å². The van der Waals surface area contributed by atoms with E-state index in [9.17, 15) is 0 Å². The summed E-state index contributed by atoms with van der Waals surface area (Å²) in [6.45, 7) is 7.78. The second-order valence-corrected chi connectivity index (χ2v) is 8.01. The quantitative estimate of drug-likeness (QED) is 0.710. The van der Waals surface area contributed by atoms with Gasteiger partial charge in [-0.25, -0.2) is 4.98 Å². The Bertz CT molecular complexity index is 937. The fourth-order valence-electron chi connectivity index (χ4n) is 2.92. The van der Waals surface area contributed by atoms with Gasteiger partial charge in [0, 0.05) is 17.0 Å². The van der Waals surface area contributed by atoms with Gasteiger partial charge in [0.05, 0.1) is 10.6 Å². The summed E-state index contributed by atoms with van der Waals surface area (Å²) in [6, 6.07) is 0.423. The van der Waals surface area contributed by atoms with Gasteiger partial charge in [-0.1, -0.05) is 11.2 Å². The maximum atomic E-state index is 5.25. The van der Waals surface area contributed by atoms with E-state index in [2.05, 4.69) is 39.8 Å². The molecular weight excluding hydrogens is 354 g/mol. The molecule has 2 N–H and O–H groups in total. The zero-order valence-electron chi connectivity index (χ0n) is 14.3. The number of hydrogen-bond acceptors (Lipinski definition) is 8. The first-order valence-electron chi connectivity index (χ1n) is 8.18. The standard InChI is InChI=1S/C17H19N5OS2/c1-4-5-12-9(2)19-15(24-12)14-11-6-7-18-8-13(11)25-16(14)21-17-20-10(3)22-23-17/h4-5,18H,6-8H2,1-3H3,(H,20,21,22). The first-order valence-corrected chi connectivity index (χ1v) is 9.82. The molecule has 0 radical (unpaired) electrons. The number of anilines is 2. The lowest BCUT2D eigenvalue weighted by Crippen LogP contribution is -2.22. The minimum absolute atomic E-state index is 0.423. The molecule has 3 aromatic heterocycles. The molecule has 0 saturated heterocycles. The van der Waals surface area contributed by atoms with E-state index in [1.807, 2.05) is 13.8 Å². The number of thiazole rings is 1. The molecular formula is C17H19N5OS2. The van der Waals surface area contributed by atoms with Crippen molar-refractivity contribution in [2.75, 3.05) is 11.9 Å². The summed E-state index contributed by atoms with van der Waals surface area (Å²) in [5.41, 5.74) is 3.62. The molecule has 0 amide bonds. The second-order valence-electron chi connectivity index (χ2n) is 5.88. The molecule has 0 bridgehead atoms. The molecule has 0 atom stereocenters. The van der Waals surface area contributed by atoms with Crippen LogP contribution in [0.5, 0.6) is 0 Å². The van der Waals surface area contributed by atoms with E-state index in [-0.39, 0.29) is 0 Å². The molecule has 4 heterocycles. The highest BCUT2D eigenvalue weighted by Crippen LogP contribution is 2.45. The Morgan fingerprint density at radius 1 is 1.24 bits per heavy atom. The normalized spacial score (nSPS) is 14.2. The van der Waals surface area contributed by atoms with E-state index < -0.39 is 0 Å². The van der Waals surface area contributed by atoms with Crippen molar-refractivity contribution in [2.24, 2.45) is 0 Å². The topological polar surface area (TPSA) is 75.9 Å². The lowest BCUT2D eigenvalue weighted by Gasteiger charge is -2.13. The lowest BCUT2D eigenvalue weighted by molar-refractivity contribution is 0.429. The predicted octanol–water partition coefficient (Wildman–Crippen LogP) is 4.29. The van der Waals surface area contributed by atoms with Crippen LogP contribution in [-0.4, -0.2) is 21.7 Å². The molecule has 1 aliphatic rings. The summed E-state index contributed by atoms with van der Waals surface area (Å²) in [6.07, 6.45) is 5.17. The third-order valence-corrected chi connectivity index (χ3v) is 6.33. The molecule has 1 aliphatic heterocycles. The zero-order chi connectivity index (χ0) is 17.4. The van der Waals surface area contributed by atoms with E-state index in [4.69, 9.17) is 9.51 Å². The number of nitrogens with zero attached hydrogens (tertiary/aromatic N) is 3. The Morgan fingerprint density at radius 3 is 2.88 bits per heavy atom. The van der Waals surface area contributed by atoms with Crippen molar-refractivity contribution in [3.8, 4) is 10.6 Å². The Balaban J connectivity index is 1.81. The first kappa shape index (κ1) is 16.4. The fraction of sp³-hybridized carbons (Fsp3) is 0.353. The van der Waals surface area contributed by atoms with Crippen LogP contribution in [0.1, 0.15) is 33.8 Å². The first-order chi connectivity index (χ1) is 12.2. The molecule has 0 spiro atoms. The van der Waals surface area contributed by atoms with Crippen LogP contribution >= 0.6 is 22.7 Å². The van der Waals surface area contributed by atoms with Crippen LogP contribution < -0.4 is 10.6 Å². The second kappa shape index (κ2) is 6.70. The van der Waals surface area contributed by atoms with Crippen molar-refractivity contribution in [3.63, 3.8) is 0 Å². The largest absolute Gasteiger partial charge is 0.326 e. The zero-order valence-corrected chi connectivity index (χ0v) is 16.0. The van der Waals surface area contributed by atoms with Gasteiger partial charge < -0.3 is 9.84 Å². The van der Waals surface area contributed by atoms with Crippen molar-refractivity contribution in [1.82, 2.24) is 20.4 Å². The highest BCUT2D eigenvalue weighted by molar-refractivity contribution is 7.19. The number of aromatic nitrogens is 3. The van der Waals surface area contributed by atoms with Gasteiger partial charge in [-0.2, -0.15) is 4.98 Å².